The van der Waals surface area contributed by atoms with Crippen LogP contribution in [0, 0.1) is 12.3 Å². The van der Waals surface area contributed by atoms with Gasteiger partial charge in [-0.05, 0) is 49.4 Å². The number of amides is 2. The highest BCUT2D eigenvalue weighted by Crippen LogP contribution is 2.38. The maximum Gasteiger partial charge on any atom is 0.328 e. The number of terminal acetylenes is 1. The predicted octanol–water partition coefficient (Wildman–Crippen LogP) is 3.46. The summed E-state index contributed by atoms with van der Waals surface area (Å²) in [6.45, 7) is 3.74. The third-order valence-corrected chi connectivity index (χ3v) is 5.28. The molecule has 28 heavy (non-hydrogen) atoms. The van der Waals surface area contributed by atoms with Crippen molar-refractivity contribution in [1.29, 1.82) is 0 Å². The fraction of sp³-hybridized carbons (Fsp3) is 0.316. The van der Waals surface area contributed by atoms with Gasteiger partial charge in [-0.1, -0.05) is 21.9 Å². The van der Waals surface area contributed by atoms with E-state index in [9.17, 15) is 14.4 Å². The number of imide groups is 1. The lowest BCUT2D eigenvalue weighted by Gasteiger charge is -2.18. The Kier molecular flexibility index (Phi) is 7.54. The molecule has 1 aromatic rings. The fourth-order valence-electron chi connectivity index (χ4n) is 2.39. The van der Waals surface area contributed by atoms with Crippen molar-refractivity contribution in [3.05, 3.63) is 27.1 Å². The largest absolute Gasteiger partial charge is 0.490 e. The van der Waals surface area contributed by atoms with Gasteiger partial charge in [0.2, 0.25) is 0 Å². The molecular weight excluding hydrogens is 450 g/mol. The van der Waals surface area contributed by atoms with Gasteiger partial charge in [-0.15, -0.1) is 6.42 Å². The average Bonchev–Trinajstić information content (AvgIpc) is 2.95. The second-order valence-corrected chi connectivity index (χ2v) is 7.34. The van der Waals surface area contributed by atoms with Crippen LogP contribution < -0.4 is 9.47 Å². The Balaban J connectivity index is 2.38. The second kappa shape index (κ2) is 9.66. The molecule has 0 spiro atoms. The van der Waals surface area contributed by atoms with Crippen LogP contribution in [0.5, 0.6) is 11.5 Å². The summed E-state index contributed by atoms with van der Waals surface area (Å²) in [5.74, 6) is 2.06. The van der Waals surface area contributed by atoms with Gasteiger partial charge in [-0.3, -0.25) is 14.5 Å². The Morgan fingerprint density at radius 2 is 2.04 bits per heavy atom. The zero-order chi connectivity index (χ0) is 20.8. The van der Waals surface area contributed by atoms with E-state index in [1.165, 1.54) is 14.0 Å². The Bertz CT molecular complexity index is 876. The molecule has 0 bridgehead atoms. The number of benzene rings is 1. The number of hydrogen-bond donors (Lipinski definition) is 0. The molecular formula is C19H18BrNO6S. The third-order valence-electron chi connectivity index (χ3n) is 3.71. The standard InChI is InChI=1S/C19H18BrNO6S/c1-5-7-27-15-10-13(20)12(8-14(15)26-6-2)9-16-17(22)21(19(24)28-16)11(3)18(23)25-4/h1,8-11H,6-7H2,2-4H3/b16-9+/t11-/m1/s1. The molecule has 1 aliphatic rings. The number of hydrogen-bond acceptors (Lipinski definition) is 7. The van der Waals surface area contributed by atoms with E-state index in [1.54, 1.807) is 18.2 Å². The number of carbonyl (C=O) groups is 3. The summed E-state index contributed by atoms with van der Waals surface area (Å²) in [5, 5.41) is -0.538. The van der Waals surface area contributed by atoms with Gasteiger partial charge in [0.15, 0.2) is 11.5 Å². The quantitative estimate of drug-likeness (QED) is 0.345. The average molecular weight is 468 g/mol. The fourth-order valence-corrected chi connectivity index (χ4v) is 3.73. The van der Waals surface area contributed by atoms with E-state index < -0.39 is 23.2 Å². The highest BCUT2D eigenvalue weighted by molar-refractivity contribution is 9.10. The van der Waals surface area contributed by atoms with E-state index in [0.29, 0.717) is 28.1 Å². The smallest absolute Gasteiger partial charge is 0.328 e. The van der Waals surface area contributed by atoms with Gasteiger partial charge >= 0.3 is 5.97 Å². The number of rotatable bonds is 7. The van der Waals surface area contributed by atoms with E-state index in [-0.39, 0.29) is 11.5 Å². The summed E-state index contributed by atoms with van der Waals surface area (Å²) in [6, 6.07) is 2.34. The molecule has 1 fully saturated rings. The predicted molar refractivity (Wildman–Crippen MR) is 109 cm³/mol. The summed E-state index contributed by atoms with van der Waals surface area (Å²) in [6.07, 6.45) is 6.78. The minimum absolute atomic E-state index is 0.0795. The summed E-state index contributed by atoms with van der Waals surface area (Å²) >= 11 is 4.17. The molecule has 9 heteroatoms. The molecule has 0 N–H and O–H groups in total. The van der Waals surface area contributed by atoms with E-state index in [0.717, 1.165) is 16.7 Å². The normalized spacial score (nSPS) is 16.1. The number of methoxy groups -OCH3 is 1. The van der Waals surface area contributed by atoms with Crippen molar-refractivity contribution in [1.82, 2.24) is 4.90 Å². The monoisotopic (exact) mass is 467 g/mol. The summed E-state index contributed by atoms with van der Waals surface area (Å²) in [5.41, 5.74) is 0.604. The molecule has 2 amide bonds. The first-order valence-corrected chi connectivity index (χ1v) is 9.82. The molecule has 0 aliphatic carbocycles. The van der Waals surface area contributed by atoms with E-state index >= 15 is 0 Å². The van der Waals surface area contributed by atoms with Gasteiger partial charge in [0.1, 0.15) is 12.6 Å². The zero-order valence-corrected chi connectivity index (χ0v) is 17.9. The van der Waals surface area contributed by atoms with Crippen molar-refractivity contribution in [3.63, 3.8) is 0 Å². The molecule has 7 nitrogen and oxygen atoms in total. The number of thioether (sulfide) groups is 1. The van der Waals surface area contributed by atoms with Crippen LogP contribution in [0.1, 0.15) is 19.4 Å². The summed E-state index contributed by atoms with van der Waals surface area (Å²) in [4.78, 5) is 37.6. The van der Waals surface area contributed by atoms with Gasteiger partial charge < -0.3 is 14.2 Å². The van der Waals surface area contributed by atoms with Gasteiger partial charge in [0, 0.05) is 4.47 Å². The van der Waals surface area contributed by atoms with Crippen molar-refractivity contribution in [2.24, 2.45) is 0 Å². The van der Waals surface area contributed by atoms with Crippen LogP contribution in [0.25, 0.3) is 6.08 Å². The first kappa shape index (κ1) is 21.9. The van der Waals surface area contributed by atoms with Crippen LogP contribution in [0.15, 0.2) is 21.5 Å². The topological polar surface area (TPSA) is 82.1 Å². The van der Waals surface area contributed by atoms with Gasteiger partial charge in [-0.2, -0.15) is 0 Å². The van der Waals surface area contributed by atoms with Crippen molar-refractivity contribution in [3.8, 4) is 23.8 Å². The lowest BCUT2D eigenvalue weighted by molar-refractivity contribution is -0.148. The van der Waals surface area contributed by atoms with Crippen LogP contribution in [-0.4, -0.2) is 48.4 Å². The highest BCUT2D eigenvalue weighted by Gasteiger charge is 2.41. The Morgan fingerprint density at radius 3 is 2.64 bits per heavy atom. The molecule has 2 rings (SSSR count). The minimum Gasteiger partial charge on any atom is -0.490 e. The molecule has 1 atom stereocenters. The Morgan fingerprint density at radius 1 is 1.36 bits per heavy atom. The van der Waals surface area contributed by atoms with E-state index in [1.807, 2.05) is 6.92 Å². The van der Waals surface area contributed by atoms with Gasteiger partial charge in [0.25, 0.3) is 11.1 Å². The molecule has 148 valence electrons. The molecule has 0 saturated carbocycles. The van der Waals surface area contributed by atoms with Crippen LogP contribution >= 0.6 is 27.7 Å². The number of esters is 1. The molecule has 1 aromatic carbocycles. The van der Waals surface area contributed by atoms with Crippen LogP contribution in [-0.2, 0) is 14.3 Å². The molecule has 1 aliphatic heterocycles. The van der Waals surface area contributed by atoms with Crippen molar-refractivity contribution in [2.45, 2.75) is 19.9 Å². The lowest BCUT2D eigenvalue weighted by Crippen LogP contribution is -2.42. The van der Waals surface area contributed by atoms with E-state index in [2.05, 4.69) is 26.6 Å². The number of ether oxygens (including phenoxy) is 3. The Hall–Kier alpha value is -2.44. The van der Waals surface area contributed by atoms with Gasteiger partial charge in [0.05, 0.1) is 18.6 Å². The maximum absolute atomic E-state index is 12.6. The SMILES string of the molecule is C#CCOc1cc(Br)c(/C=C2/SC(=O)N([C@H](C)C(=O)OC)C2=O)cc1OCC. The Labute approximate surface area is 175 Å². The van der Waals surface area contributed by atoms with Crippen LogP contribution in [0.4, 0.5) is 4.79 Å². The van der Waals surface area contributed by atoms with E-state index in [4.69, 9.17) is 15.9 Å². The summed E-state index contributed by atoms with van der Waals surface area (Å²) < 4.78 is 16.3. The van der Waals surface area contributed by atoms with Crippen LogP contribution in [0.3, 0.4) is 0 Å². The van der Waals surface area contributed by atoms with Crippen molar-refractivity contribution < 1.29 is 28.6 Å². The molecule has 0 unspecified atom stereocenters. The number of nitrogens with zero attached hydrogens (tertiary/aromatic N) is 1. The van der Waals surface area contributed by atoms with Crippen LogP contribution in [0.2, 0.25) is 0 Å². The molecule has 0 radical (unpaired) electrons. The van der Waals surface area contributed by atoms with Crippen molar-refractivity contribution >= 4 is 50.9 Å². The number of halogens is 1. The molecule has 1 saturated heterocycles. The molecule has 1 heterocycles. The first-order valence-electron chi connectivity index (χ1n) is 8.21. The lowest BCUT2D eigenvalue weighted by atomic mass is 10.1. The maximum atomic E-state index is 12.6. The second-order valence-electron chi connectivity index (χ2n) is 5.50. The van der Waals surface area contributed by atoms with Crippen molar-refractivity contribution in [2.75, 3.05) is 20.3 Å². The minimum atomic E-state index is -1.01. The highest BCUT2D eigenvalue weighted by atomic mass is 79.9. The zero-order valence-electron chi connectivity index (χ0n) is 15.5. The summed E-state index contributed by atoms with van der Waals surface area (Å²) in [7, 11) is 1.20. The first-order chi connectivity index (χ1) is 13.3. The number of carbonyl (C=O) groups excluding carboxylic acids is 3. The third kappa shape index (κ3) is 4.69. The molecule has 0 aromatic heterocycles. The van der Waals surface area contributed by atoms with Gasteiger partial charge in [-0.25, -0.2) is 4.79 Å².